The summed E-state index contributed by atoms with van der Waals surface area (Å²) in [4.78, 5) is 25.4. The molecule has 0 unspecified atom stereocenters. The molecule has 3 aromatic rings. The zero-order chi connectivity index (χ0) is 15.5. The molecular formula is C17H13FN2O2. The maximum atomic E-state index is 13.6. The van der Waals surface area contributed by atoms with Crippen molar-refractivity contribution in [3.05, 3.63) is 105 Å². The van der Waals surface area contributed by atoms with Crippen LogP contribution in [-0.4, -0.2) is 9.55 Å². The van der Waals surface area contributed by atoms with Crippen molar-refractivity contribution in [3.63, 3.8) is 0 Å². The van der Waals surface area contributed by atoms with Crippen LogP contribution in [0.1, 0.15) is 17.2 Å². The number of hydrogen-bond acceptors (Lipinski definition) is 2. The number of halogens is 1. The second-order valence-electron chi connectivity index (χ2n) is 4.87. The van der Waals surface area contributed by atoms with E-state index in [-0.39, 0.29) is 0 Å². The summed E-state index contributed by atoms with van der Waals surface area (Å²) in [7, 11) is 0. The van der Waals surface area contributed by atoms with E-state index in [4.69, 9.17) is 0 Å². The van der Waals surface area contributed by atoms with Gasteiger partial charge in [0.2, 0.25) is 5.82 Å². The molecule has 110 valence electrons. The Morgan fingerprint density at radius 1 is 0.864 bits per heavy atom. The fourth-order valence-corrected chi connectivity index (χ4v) is 2.44. The highest BCUT2D eigenvalue weighted by Gasteiger charge is 2.18. The van der Waals surface area contributed by atoms with Crippen molar-refractivity contribution in [2.75, 3.05) is 0 Å². The largest absolute Gasteiger partial charge is 0.329 e. The summed E-state index contributed by atoms with van der Waals surface area (Å²) in [6.07, 6.45) is 0.950. The topological polar surface area (TPSA) is 54.9 Å². The molecule has 0 saturated heterocycles. The van der Waals surface area contributed by atoms with Crippen molar-refractivity contribution in [3.8, 4) is 0 Å². The molecule has 0 aliphatic rings. The van der Waals surface area contributed by atoms with E-state index in [1.165, 1.54) is 4.57 Å². The Bertz CT molecular complexity index is 846. The Balaban J connectivity index is 2.26. The van der Waals surface area contributed by atoms with E-state index in [0.29, 0.717) is 0 Å². The SMILES string of the molecule is O=c1[nH]c(=O)n(C(c2ccccc2)c2ccccc2)cc1F. The van der Waals surface area contributed by atoms with Crippen molar-refractivity contribution in [1.29, 1.82) is 0 Å². The molecule has 22 heavy (non-hydrogen) atoms. The van der Waals surface area contributed by atoms with Gasteiger partial charge in [-0.15, -0.1) is 0 Å². The van der Waals surface area contributed by atoms with E-state index in [2.05, 4.69) is 0 Å². The third-order valence-electron chi connectivity index (χ3n) is 3.43. The van der Waals surface area contributed by atoms with Crippen LogP contribution in [-0.2, 0) is 0 Å². The molecule has 5 heteroatoms. The van der Waals surface area contributed by atoms with Gasteiger partial charge in [0.05, 0.1) is 12.2 Å². The van der Waals surface area contributed by atoms with Gasteiger partial charge in [0.15, 0.2) is 0 Å². The molecule has 0 aliphatic heterocycles. The normalized spacial score (nSPS) is 10.8. The highest BCUT2D eigenvalue weighted by Crippen LogP contribution is 2.24. The summed E-state index contributed by atoms with van der Waals surface area (Å²) in [6.45, 7) is 0. The van der Waals surface area contributed by atoms with Gasteiger partial charge in [-0.2, -0.15) is 4.39 Å². The van der Waals surface area contributed by atoms with Gasteiger partial charge >= 0.3 is 5.69 Å². The summed E-state index contributed by atoms with van der Waals surface area (Å²) >= 11 is 0. The number of hydrogen-bond donors (Lipinski definition) is 1. The van der Waals surface area contributed by atoms with Gasteiger partial charge in [0.25, 0.3) is 5.56 Å². The van der Waals surface area contributed by atoms with E-state index in [1.54, 1.807) is 0 Å². The first kappa shape index (κ1) is 14.0. The van der Waals surface area contributed by atoms with E-state index >= 15 is 0 Å². The highest BCUT2D eigenvalue weighted by atomic mass is 19.1. The molecule has 4 nitrogen and oxygen atoms in total. The zero-order valence-electron chi connectivity index (χ0n) is 11.6. The van der Waals surface area contributed by atoms with Crippen molar-refractivity contribution in [2.24, 2.45) is 0 Å². The highest BCUT2D eigenvalue weighted by molar-refractivity contribution is 5.32. The summed E-state index contributed by atoms with van der Waals surface area (Å²) in [5.74, 6) is -0.989. The van der Waals surface area contributed by atoms with Crippen molar-refractivity contribution < 1.29 is 4.39 Å². The fourth-order valence-electron chi connectivity index (χ4n) is 2.44. The number of nitrogens with zero attached hydrogens (tertiary/aromatic N) is 1. The maximum absolute atomic E-state index is 13.6. The lowest BCUT2D eigenvalue weighted by molar-refractivity contribution is 0.542. The quantitative estimate of drug-likeness (QED) is 0.806. The molecule has 2 aromatic carbocycles. The maximum Gasteiger partial charge on any atom is 0.329 e. The van der Waals surface area contributed by atoms with Gasteiger partial charge in [-0.25, -0.2) is 4.79 Å². The predicted molar refractivity (Wildman–Crippen MR) is 81.4 cm³/mol. The second kappa shape index (κ2) is 5.81. The van der Waals surface area contributed by atoms with Crippen LogP contribution in [0.25, 0.3) is 0 Å². The van der Waals surface area contributed by atoms with Crippen LogP contribution >= 0.6 is 0 Å². The van der Waals surface area contributed by atoms with Crippen LogP contribution in [0.3, 0.4) is 0 Å². The van der Waals surface area contributed by atoms with Gasteiger partial charge < -0.3 is 0 Å². The smallest absolute Gasteiger partial charge is 0.286 e. The minimum Gasteiger partial charge on any atom is -0.286 e. The first-order valence-corrected chi connectivity index (χ1v) is 6.77. The molecule has 0 fully saturated rings. The van der Waals surface area contributed by atoms with Gasteiger partial charge in [0, 0.05) is 0 Å². The Morgan fingerprint density at radius 2 is 1.36 bits per heavy atom. The van der Waals surface area contributed by atoms with Crippen LogP contribution in [0.15, 0.2) is 76.4 Å². The molecule has 0 aliphatic carbocycles. The Kier molecular flexibility index (Phi) is 3.70. The lowest BCUT2D eigenvalue weighted by Gasteiger charge is -2.20. The van der Waals surface area contributed by atoms with Gasteiger partial charge in [-0.1, -0.05) is 60.7 Å². The summed E-state index contributed by atoms with van der Waals surface area (Å²) in [6, 6.07) is 18.0. The number of benzene rings is 2. The Hall–Kier alpha value is -2.95. The molecule has 1 heterocycles. The minimum atomic E-state index is -1.01. The molecule has 0 atom stereocenters. The van der Waals surface area contributed by atoms with Gasteiger partial charge in [-0.3, -0.25) is 14.3 Å². The van der Waals surface area contributed by atoms with E-state index in [9.17, 15) is 14.0 Å². The summed E-state index contributed by atoms with van der Waals surface area (Å²) in [5, 5.41) is 0. The molecule has 0 bridgehead atoms. The standard InChI is InChI=1S/C17H13FN2O2/c18-14-11-20(17(22)19-16(14)21)15(12-7-3-1-4-8-12)13-9-5-2-6-10-13/h1-11,15H,(H,19,21,22). The number of H-pyrrole nitrogens is 1. The monoisotopic (exact) mass is 296 g/mol. The fraction of sp³-hybridized carbons (Fsp3) is 0.0588. The zero-order valence-corrected chi connectivity index (χ0v) is 11.6. The van der Waals surface area contributed by atoms with Crippen LogP contribution < -0.4 is 11.2 Å². The predicted octanol–water partition coefficient (Wildman–Crippen LogP) is 2.31. The minimum absolute atomic E-state index is 0.513. The van der Waals surface area contributed by atoms with E-state index in [1.807, 2.05) is 65.6 Å². The van der Waals surface area contributed by atoms with Crippen molar-refractivity contribution in [1.82, 2.24) is 9.55 Å². The van der Waals surface area contributed by atoms with Crippen molar-refractivity contribution in [2.45, 2.75) is 6.04 Å². The average Bonchev–Trinajstić information content (AvgIpc) is 2.55. The van der Waals surface area contributed by atoms with Crippen LogP contribution in [0, 0.1) is 5.82 Å². The summed E-state index contributed by atoms with van der Waals surface area (Å²) < 4.78 is 14.8. The first-order chi connectivity index (χ1) is 10.7. The molecule has 0 radical (unpaired) electrons. The van der Waals surface area contributed by atoms with Gasteiger partial charge in [-0.05, 0) is 11.1 Å². The third-order valence-corrected chi connectivity index (χ3v) is 3.43. The third kappa shape index (κ3) is 2.61. The molecular weight excluding hydrogens is 283 g/mol. The molecule has 0 spiro atoms. The number of aromatic nitrogens is 2. The van der Waals surface area contributed by atoms with Crippen LogP contribution in [0.4, 0.5) is 4.39 Å². The molecule has 0 saturated carbocycles. The second-order valence-corrected chi connectivity index (χ2v) is 4.87. The Morgan fingerprint density at radius 3 is 1.86 bits per heavy atom. The van der Waals surface area contributed by atoms with Crippen LogP contribution in [0.5, 0.6) is 0 Å². The van der Waals surface area contributed by atoms with Crippen LogP contribution in [0.2, 0.25) is 0 Å². The first-order valence-electron chi connectivity index (χ1n) is 6.77. The van der Waals surface area contributed by atoms with E-state index in [0.717, 1.165) is 17.3 Å². The Labute approximate surface area is 125 Å². The lowest BCUT2D eigenvalue weighted by atomic mass is 9.98. The van der Waals surface area contributed by atoms with Gasteiger partial charge in [0.1, 0.15) is 0 Å². The average molecular weight is 296 g/mol. The molecule has 1 aromatic heterocycles. The molecule has 0 amide bonds. The lowest BCUT2D eigenvalue weighted by Crippen LogP contribution is -2.34. The molecule has 3 rings (SSSR count). The number of aromatic amines is 1. The number of nitrogens with one attached hydrogen (secondary N) is 1. The number of rotatable bonds is 3. The van der Waals surface area contributed by atoms with Crippen molar-refractivity contribution >= 4 is 0 Å². The van der Waals surface area contributed by atoms with E-state index < -0.39 is 23.1 Å². The summed E-state index contributed by atoms with van der Waals surface area (Å²) in [5.41, 5.74) is -0.0188. The molecule has 1 N–H and O–H groups in total.